The average Bonchev–Trinajstić information content (AvgIpc) is 2.38. The molecule has 4 nitrogen and oxygen atoms in total. The number of unbranched alkanes of at least 4 members (excludes halogenated alkanes) is 1. The Hall–Kier alpha value is -0.160. The summed E-state index contributed by atoms with van der Waals surface area (Å²) in [6.45, 7) is 5.96. The van der Waals surface area contributed by atoms with E-state index in [4.69, 9.17) is 9.47 Å². The van der Waals surface area contributed by atoms with Gasteiger partial charge in [-0.1, -0.05) is 0 Å². The van der Waals surface area contributed by atoms with Crippen LogP contribution in [0.25, 0.3) is 0 Å². The Kier molecular flexibility index (Phi) is 8.61. The van der Waals surface area contributed by atoms with E-state index in [9.17, 15) is 0 Å². The van der Waals surface area contributed by atoms with E-state index in [0.717, 1.165) is 39.0 Å². The zero-order chi connectivity index (χ0) is 12.3. The molecule has 0 saturated carbocycles. The first-order chi connectivity index (χ1) is 8.34. The molecule has 0 atom stereocenters. The van der Waals surface area contributed by atoms with Crippen molar-refractivity contribution < 1.29 is 9.47 Å². The topological polar surface area (TPSA) is 33.7 Å². The van der Waals surface area contributed by atoms with Crippen LogP contribution < -0.4 is 5.32 Å². The fourth-order valence-corrected chi connectivity index (χ4v) is 2.22. The molecule has 0 aromatic carbocycles. The molecule has 0 unspecified atom stereocenters. The van der Waals surface area contributed by atoms with Crippen molar-refractivity contribution in [2.75, 3.05) is 53.6 Å². The summed E-state index contributed by atoms with van der Waals surface area (Å²) in [4.78, 5) is 2.50. The van der Waals surface area contributed by atoms with Crippen molar-refractivity contribution in [1.29, 1.82) is 0 Å². The molecule has 0 aliphatic carbocycles. The molecule has 0 spiro atoms. The molecule has 4 heteroatoms. The Morgan fingerprint density at radius 2 is 2.00 bits per heavy atom. The molecule has 1 aliphatic rings. The summed E-state index contributed by atoms with van der Waals surface area (Å²) >= 11 is 0. The van der Waals surface area contributed by atoms with E-state index >= 15 is 0 Å². The molecule has 17 heavy (non-hydrogen) atoms. The third-order valence-electron chi connectivity index (χ3n) is 3.41. The molecule has 1 saturated heterocycles. The SMILES string of the molecule is COCCNCCCCN(C)C1CCOCC1. The third kappa shape index (κ3) is 6.99. The van der Waals surface area contributed by atoms with Crippen molar-refractivity contribution in [2.45, 2.75) is 31.7 Å². The maximum absolute atomic E-state index is 5.38. The Bertz CT molecular complexity index is 173. The van der Waals surface area contributed by atoms with Crippen LogP contribution in [0.15, 0.2) is 0 Å². The summed E-state index contributed by atoms with van der Waals surface area (Å²) in [5.41, 5.74) is 0. The van der Waals surface area contributed by atoms with Gasteiger partial charge in [-0.3, -0.25) is 0 Å². The minimum absolute atomic E-state index is 0.741. The summed E-state index contributed by atoms with van der Waals surface area (Å²) in [5, 5.41) is 3.38. The quantitative estimate of drug-likeness (QED) is 0.616. The summed E-state index contributed by atoms with van der Waals surface area (Å²) in [6.07, 6.45) is 4.91. The normalized spacial score (nSPS) is 17.8. The molecule has 0 bridgehead atoms. The number of nitrogens with zero attached hydrogens (tertiary/aromatic N) is 1. The van der Waals surface area contributed by atoms with E-state index in [1.165, 1.54) is 32.2 Å². The minimum atomic E-state index is 0.741. The van der Waals surface area contributed by atoms with Gasteiger partial charge < -0.3 is 19.7 Å². The zero-order valence-electron chi connectivity index (χ0n) is 11.4. The molecule has 1 rings (SSSR count). The van der Waals surface area contributed by atoms with E-state index in [1.807, 2.05) is 0 Å². The van der Waals surface area contributed by atoms with Gasteiger partial charge in [0, 0.05) is 32.9 Å². The number of ether oxygens (including phenoxy) is 2. The smallest absolute Gasteiger partial charge is 0.0587 e. The zero-order valence-corrected chi connectivity index (χ0v) is 11.4. The van der Waals surface area contributed by atoms with Crippen molar-refractivity contribution in [3.63, 3.8) is 0 Å². The lowest BCUT2D eigenvalue weighted by molar-refractivity contribution is 0.0426. The highest BCUT2D eigenvalue weighted by Crippen LogP contribution is 2.12. The van der Waals surface area contributed by atoms with Gasteiger partial charge in [-0.2, -0.15) is 0 Å². The molecule has 1 N–H and O–H groups in total. The van der Waals surface area contributed by atoms with Crippen molar-refractivity contribution in [2.24, 2.45) is 0 Å². The average molecular weight is 244 g/mol. The lowest BCUT2D eigenvalue weighted by Gasteiger charge is -2.31. The fraction of sp³-hybridized carbons (Fsp3) is 1.00. The van der Waals surface area contributed by atoms with Crippen molar-refractivity contribution >= 4 is 0 Å². The predicted molar refractivity (Wildman–Crippen MR) is 70.5 cm³/mol. The number of nitrogens with one attached hydrogen (secondary N) is 1. The molecular formula is C13H28N2O2. The van der Waals surface area contributed by atoms with Gasteiger partial charge in [0.2, 0.25) is 0 Å². The number of rotatable bonds is 9. The Labute approximate surface area is 106 Å². The molecule has 1 aliphatic heterocycles. The van der Waals surface area contributed by atoms with Crippen LogP contribution in [0.3, 0.4) is 0 Å². The maximum atomic E-state index is 5.38. The standard InChI is InChI=1S/C13H28N2O2/c1-15(13-5-10-17-11-6-13)9-4-3-7-14-8-12-16-2/h13-14H,3-12H2,1-2H3. The summed E-state index contributed by atoms with van der Waals surface area (Å²) in [7, 11) is 3.98. The van der Waals surface area contributed by atoms with Crippen molar-refractivity contribution in [1.82, 2.24) is 10.2 Å². The number of hydrogen-bond donors (Lipinski definition) is 1. The van der Waals surface area contributed by atoms with Gasteiger partial charge in [-0.25, -0.2) is 0 Å². The van der Waals surface area contributed by atoms with Crippen LogP contribution in [0.5, 0.6) is 0 Å². The van der Waals surface area contributed by atoms with Crippen molar-refractivity contribution in [3.05, 3.63) is 0 Å². The predicted octanol–water partition coefficient (Wildman–Crippen LogP) is 1.11. The van der Waals surface area contributed by atoms with E-state index in [0.29, 0.717) is 0 Å². The Morgan fingerprint density at radius 3 is 2.71 bits per heavy atom. The molecule has 1 fully saturated rings. The second kappa shape index (κ2) is 9.83. The van der Waals surface area contributed by atoms with E-state index < -0.39 is 0 Å². The highest BCUT2D eigenvalue weighted by atomic mass is 16.5. The minimum Gasteiger partial charge on any atom is -0.383 e. The fourth-order valence-electron chi connectivity index (χ4n) is 2.22. The Morgan fingerprint density at radius 1 is 1.24 bits per heavy atom. The van der Waals surface area contributed by atoms with E-state index in [-0.39, 0.29) is 0 Å². The lowest BCUT2D eigenvalue weighted by atomic mass is 10.1. The molecule has 0 aromatic rings. The van der Waals surface area contributed by atoms with E-state index in [1.54, 1.807) is 7.11 Å². The first-order valence-electron chi connectivity index (χ1n) is 6.82. The number of methoxy groups -OCH3 is 1. The molecule has 0 radical (unpaired) electrons. The highest BCUT2D eigenvalue weighted by molar-refractivity contribution is 4.71. The van der Waals surface area contributed by atoms with Gasteiger partial charge in [0.05, 0.1) is 6.61 Å². The van der Waals surface area contributed by atoms with Crippen LogP contribution in [-0.4, -0.2) is 64.6 Å². The van der Waals surface area contributed by atoms with Crippen LogP contribution in [0.1, 0.15) is 25.7 Å². The third-order valence-corrected chi connectivity index (χ3v) is 3.41. The second-order valence-electron chi connectivity index (χ2n) is 4.77. The van der Waals surface area contributed by atoms with Gasteiger partial charge in [0.25, 0.3) is 0 Å². The van der Waals surface area contributed by atoms with Crippen LogP contribution in [-0.2, 0) is 9.47 Å². The number of hydrogen-bond acceptors (Lipinski definition) is 4. The second-order valence-corrected chi connectivity index (χ2v) is 4.77. The van der Waals surface area contributed by atoms with Crippen LogP contribution in [0.4, 0.5) is 0 Å². The van der Waals surface area contributed by atoms with E-state index in [2.05, 4.69) is 17.3 Å². The summed E-state index contributed by atoms with van der Waals surface area (Å²) in [6, 6.07) is 0.741. The summed E-state index contributed by atoms with van der Waals surface area (Å²) in [5.74, 6) is 0. The van der Waals surface area contributed by atoms with Gasteiger partial charge in [0.1, 0.15) is 0 Å². The Balaban J connectivity index is 1.90. The first-order valence-corrected chi connectivity index (χ1v) is 6.82. The molecule has 1 heterocycles. The molecule has 102 valence electrons. The molecular weight excluding hydrogens is 216 g/mol. The maximum Gasteiger partial charge on any atom is 0.0587 e. The monoisotopic (exact) mass is 244 g/mol. The van der Waals surface area contributed by atoms with Crippen LogP contribution in [0.2, 0.25) is 0 Å². The van der Waals surface area contributed by atoms with Gasteiger partial charge in [-0.15, -0.1) is 0 Å². The lowest BCUT2D eigenvalue weighted by Crippen LogP contribution is -2.37. The molecule has 0 aromatic heterocycles. The largest absolute Gasteiger partial charge is 0.383 e. The molecule has 0 amide bonds. The highest BCUT2D eigenvalue weighted by Gasteiger charge is 2.17. The van der Waals surface area contributed by atoms with Gasteiger partial charge in [0.15, 0.2) is 0 Å². The van der Waals surface area contributed by atoms with Gasteiger partial charge >= 0.3 is 0 Å². The van der Waals surface area contributed by atoms with Gasteiger partial charge in [-0.05, 0) is 45.8 Å². The first kappa shape index (κ1) is 14.9. The van der Waals surface area contributed by atoms with Crippen molar-refractivity contribution in [3.8, 4) is 0 Å². The van der Waals surface area contributed by atoms with Crippen LogP contribution in [0, 0.1) is 0 Å². The van der Waals surface area contributed by atoms with Crippen LogP contribution >= 0.6 is 0 Å². The summed E-state index contributed by atoms with van der Waals surface area (Å²) < 4.78 is 10.4.